The zero-order valence-electron chi connectivity index (χ0n) is 9.88. The molecule has 5 heteroatoms. The molecule has 0 aliphatic carbocycles. The Hall–Kier alpha value is -2.56. The number of nitro groups is 1. The van der Waals surface area contributed by atoms with Gasteiger partial charge in [0.15, 0.2) is 5.78 Å². The van der Waals surface area contributed by atoms with E-state index in [1.165, 1.54) is 36.4 Å². The lowest BCUT2D eigenvalue weighted by atomic mass is 10.0. The van der Waals surface area contributed by atoms with E-state index in [9.17, 15) is 19.3 Å². The van der Waals surface area contributed by atoms with Gasteiger partial charge < -0.3 is 0 Å². The standard InChI is InChI=1S/C14H10FNO3/c15-11-5-3-4-10(8-11)9-14(17)12-6-1-2-7-13(12)16(18)19/h1-8H,9H2. The topological polar surface area (TPSA) is 60.2 Å². The molecule has 0 aliphatic rings. The molecule has 19 heavy (non-hydrogen) atoms. The molecule has 2 rings (SSSR count). The summed E-state index contributed by atoms with van der Waals surface area (Å²) < 4.78 is 13.0. The minimum Gasteiger partial charge on any atom is -0.294 e. The van der Waals surface area contributed by atoms with Crippen LogP contribution in [-0.4, -0.2) is 10.7 Å². The molecule has 0 radical (unpaired) electrons. The van der Waals surface area contributed by atoms with Crippen LogP contribution in [-0.2, 0) is 6.42 Å². The second kappa shape index (κ2) is 5.39. The SMILES string of the molecule is O=C(Cc1cccc(F)c1)c1ccccc1[N+](=O)[O-]. The smallest absolute Gasteiger partial charge is 0.280 e. The van der Waals surface area contributed by atoms with E-state index in [4.69, 9.17) is 0 Å². The molecule has 2 aromatic rings. The Balaban J connectivity index is 2.28. The number of hydrogen-bond donors (Lipinski definition) is 0. The van der Waals surface area contributed by atoms with Crippen molar-refractivity contribution in [2.45, 2.75) is 6.42 Å². The Morgan fingerprint density at radius 1 is 1.16 bits per heavy atom. The van der Waals surface area contributed by atoms with Gasteiger partial charge in [-0.25, -0.2) is 4.39 Å². The lowest BCUT2D eigenvalue weighted by molar-refractivity contribution is -0.385. The van der Waals surface area contributed by atoms with Gasteiger partial charge in [0.1, 0.15) is 5.82 Å². The van der Waals surface area contributed by atoms with E-state index in [2.05, 4.69) is 0 Å². The van der Waals surface area contributed by atoms with Gasteiger partial charge in [0, 0.05) is 12.5 Å². The van der Waals surface area contributed by atoms with Gasteiger partial charge in [-0.2, -0.15) is 0 Å². The van der Waals surface area contributed by atoms with Gasteiger partial charge in [-0.1, -0.05) is 24.3 Å². The summed E-state index contributed by atoms with van der Waals surface area (Å²) in [5.41, 5.74) is 0.295. The first-order chi connectivity index (χ1) is 9.08. The molecule has 0 aromatic heterocycles. The van der Waals surface area contributed by atoms with E-state index in [1.807, 2.05) is 0 Å². The lowest BCUT2D eigenvalue weighted by Crippen LogP contribution is -2.07. The normalized spacial score (nSPS) is 10.2. The van der Waals surface area contributed by atoms with Gasteiger partial charge in [-0.3, -0.25) is 14.9 Å². The van der Waals surface area contributed by atoms with E-state index in [1.54, 1.807) is 12.1 Å². The van der Waals surface area contributed by atoms with Gasteiger partial charge in [-0.15, -0.1) is 0 Å². The van der Waals surface area contributed by atoms with Crippen LogP contribution in [0.1, 0.15) is 15.9 Å². The molecule has 0 bridgehead atoms. The first-order valence-corrected chi connectivity index (χ1v) is 5.59. The third kappa shape index (κ3) is 3.01. The van der Waals surface area contributed by atoms with Crippen LogP contribution < -0.4 is 0 Å². The average Bonchev–Trinajstić information content (AvgIpc) is 2.38. The summed E-state index contributed by atoms with van der Waals surface area (Å²) in [6, 6.07) is 11.4. The predicted octanol–water partition coefficient (Wildman–Crippen LogP) is 3.16. The molecule has 0 spiro atoms. The van der Waals surface area contributed by atoms with Gasteiger partial charge in [0.2, 0.25) is 0 Å². The number of rotatable bonds is 4. The molecule has 0 amide bonds. The maximum absolute atomic E-state index is 13.0. The Kier molecular flexibility index (Phi) is 3.66. The minimum atomic E-state index is -0.598. The summed E-state index contributed by atoms with van der Waals surface area (Å²) in [5, 5.41) is 10.8. The Bertz CT molecular complexity index is 640. The van der Waals surface area contributed by atoms with Crippen molar-refractivity contribution in [3.63, 3.8) is 0 Å². The first-order valence-electron chi connectivity index (χ1n) is 5.59. The number of nitrogens with zero attached hydrogens (tertiary/aromatic N) is 1. The van der Waals surface area contributed by atoms with E-state index < -0.39 is 16.5 Å². The molecule has 0 heterocycles. The van der Waals surface area contributed by atoms with Crippen molar-refractivity contribution in [2.75, 3.05) is 0 Å². The number of Topliss-reactive ketones (excluding diaryl/α,β-unsaturated/α-hetero) is 1. The van der Waals surface area contributed by atoms with Crippen LogP contribution in [0.5, 0.6) is 0 Å². The fourth-order valence-electron chi connectivity index (χ4n) is 1.80. The summed E-state index contributed by atoms with van der Waals surface area (Å²) in [4.78, 5) is 22.3. The molecule has 0 aliphatic heterocycles. The minimum absolute atomic E-state index is 0.0387. The number of carbonyl (C=O) groups is 1. The zero-order valence-corrected chi connectivity index (χ0v) is 9.88. The largest absolute Gasteiger partial charge is 0.294 e. The van der Waals surface area contributed by atoms with Crippen LogP contribution in [0.2, 0.25) is 0 Å². The number of carbonyl (C=O) groups excluding carboxylic acids is 1. The van der Waals surface area contributed by atoms with Crippen molar-refractivity contribution in [3.05, 3.63) is 75.6 Å². The number of para-hydroxylation sites is 1. The highest BCUT2D eigenvalue weighted by atomic mass is 19.1. The molecule has 0 saturated carbocycles. The molecule has 2 aromatic carbocycles. The van der Waals surface area contributed by atoms with Crippen LogP contribution >= 0.6 is 0 Å². The third-order valence-corrected chi connectivity index (χ3v) is 2.65. The molecule has 4 nitrogen and oxygen atoms in total. The predicted molar refractivity (Wildman–Crippen MR) is 67.5 cm³/mol. The summed E-state index contributed by atoms with van der Waals surface area (Å²) >= 11 is 0. The molecule has 0 unspecified atom stereocenters. The molecular weight excluding hydrogens is 249 g/mol. The molecule has 0 fully saturated rings. The lowest BCUT2D eigenvalue weighted by Gasteiger charge is -2.03. The van der Waals surface area contributed by atoms with Crippen molar-refractivity contribution < 1.29 is 14.1 Å². The molecule has 0 N–H and O–H groups in total. The van der Waals surface area contributed by atoms with Gasteiger partial charge in [0.05, 0.1) is 10.5 Å². The van der Waals surface area contributed by atoms with E-state index in [-0.39, 0.29) is 17.7 Å². The van der Waals surface area contributed by atoms with Crippen molar-refractivity contribution >= 4 is 11.5 Å². The fourth-order valence-corrected chi connectivity index (χ4v) is 1.80. The monoisotopic (exact) mass is 259 g/mol. The van der Waals surface area contributed by atoms with Gasteiger partial charge >= 0.3 is 0 Å². The summed E-state index contributed by atoms with van der Waals surface area (Å²) in [6.45, 7) is 0. The molecule has 96 valence electrons. The van der Waals surface area contributed by atoms with Crippen LogP contribution in [0.25, 0.3) is 0 Å². The fraction of sp³-hybridized carbons (Fsp3) is 0.0714. The van der Waals surface area contributed by atoms with Crippen molar-refractivity contribution in [3.8, 4) is 0 Å². The summed E-state index contributed by atoms with van der Waals surface area (Å²) in [7, 11) is 0. The molecule has 0 saturated heterocycles. The summed E-state index contributed by atoms with van der Waals surface area (Å²) in [5.74, 6) is -0.842. The summed E-state index contributed by atoms with van der Waals surface area (Å²) in [6.07, 6.45) is -0.0669. The highest BCUT2D eigenvalue weighted by molar-refractivity contribution is 6.01. The number of benzene rings is 2. The quantitative estimate of drug-likeness (QED) is 0.481. The molecular formula is C14H10FNO3. The first kappa shape index (κ1) is 12.9. The van der Waals surface area contributed by atoms with Crippen LogP contribution in [0.4, 0.5) is 10.1 Å². The van der Waals surface area contributed by atoms with Gasteiger partial charge in [0.25, 0.3) is 5.69 Å². The second-order valence-electron chi connectivity index (χ2n) is 4.00. The third-order valence-electron chi connectivity index (χ3n) is 2.65. The Labute approximate surface area is 108 Å². The van der Waals surface area contributed by atoms with Crippen LogP contribution in [0, 0.1) is 15.9 Å². The van der Waals surface area contributed by atoms with Crippen LogP contribution in [0.3, 0.4) is 0 Å². The number of nitro benzene ring substituents is 1. The number of ketones is 1. The average molecular weight is 259 g/mol. The number of hydrogen-bond acceptors (Lipinski definition) is 3. The maximum atomic E-state index is 13.0. The maximum Gasteiger partial charge on any atom is 0.280 e. The Morgan fingerprint density at radius 3 is 2.58 bits per heavy atom. The van der Waals surface area contributed by atoms with Crippen molar-refractivity contribution in [2.24, 2.45) is 0 Å². The van der Waals surface area contributed by atoms with Gasteiger partial charge in [-0.05, 0) is 23.8 Å². The van der Waals surface area contributed by atoms with Crippen molar-refractivity contribution in [1.82, 2.24) is 0 Å². The zero-order chi connectivity index (χ0) is 13.8. The highest BCUT2D eigenvalue weighted by Gasteiger charge is 2.19. The van der Waals surface area contributed by atoms with Crippen molar-refractivity contribution in [1.29, 1.82) is 0 Å². The van der Waals surface area contributed by atoms with Crippen LogP contribution in [0.15, 0.2) is 48.5 Å². The Morgan fingerprint density at radius 2 is 1.89 bits per heavy atom. The van der Waals surface area contributed by atoms with E-state index in [0.29, 0.717) is 5.56 Å². The van der Waals surface area contributed by atoms with E-state index in [0.717, 1.165) is 0 Å². The van der Waals surface area contributed by atoms with E-state index >= 15 is 0 Å². The number of halogens is 1. The highest BCUT2D eigenvalue weighted by Crippen LogP contribution is 2.20. The second-order valence-corrected chi connectivity index (χ2v) is 4.00. The molecule has 0 atom stereocenters.